The SMILES string of the molecule is CC(C)n1c2ccccc2c2c1cc(C(=O)N1CCCC1)n2-c1ncccn1. The third-order valence-electron chi connectivity index (χ3n) is 5.54. The average molecular weight is 373 g/mol. The molecule has 28 heavy (non-hydrogen) atoms. The molecule has 6 heteroatoms. The van der Waals surface area contributed by atoms with E-state index in [9.17, 15) is 4.79 Å². The van der Waals surface area contributed by atoms with Crippen molar-refractivity contribution >= 4 is 27.8 Å². The molecule has 1 amide bonds. The van der Waals surface area contributed by atoms with Crippen molar-refractivity contribution in [3.8, 4) is 5.95 Å². The predicted molar refractivity (Wildman–Crippen MR) is 110 cm³/mol. The van der Waals surface area contributed by atoms with Crippen molar-refractivity contribution in [3.05, 3.63) is 54.5 Å². The van der Waals surface area contributed by atoms with Gasteiger partial charge in [-0.1, -0.05) is 18.2 Å². The van der Waals surface area contributed by atoms with Gasteiger partial charge in [0.1, 0.15) is 5.69 Å². The number of rotatable bonds is 3. The van der Waals surface area contributed by atoms with Crippen molar-refractivity contribution in [2.75, 3.05) is 13.1 Å². The summed E-state index contributed by atoms with van der Waals surface area (Å²) in [5, 5.41) is 1.11. The number of nitrogens with zero attached hydrogens (tertiary/aromatic N) is 5. The smallest absolute Gasteiger partial charge is 0.271 e. The summed E-state index contributed by atoms with van der Waals surface area (Å²) in [6, 6.07) is 12.4. The Morgan fingerprint density at radius 2 is 1.71 bits per heavy atom. The molecule has 1 aliphatic heterocycles. The highest BCUT2D eigenvalue weighted by Gasteiger charge is 2.28. The molecule has 0 atom stereocenters. The van der Waals surface area contributed by atoms with Crippen molar-refractivity contribution in [3.63, 3.8) is 0 Å². The molecule has 1 fully saturated rings. The third-order valence-corrected chi connectivity index (χ3v) is 5.54. The van der Waals surface area contributed by atoms with Crippen LogP contribution in [0.4, 0.5) is 0 Å². The first-order chi connectivity index (χ1) is 13.7. The Balaban J connectivity index is 1.87. The number of hydrogen-bond donors (Lipinski definition) is 0. The van der Waals surface area contributed by atoms with Crippen LogP contribution in [-0.4, -0.2) is 43.0 Å². The summed E-state index contributed by atoms with van der Waals surface area (Å²) >= 11 is 0. The summed E-state index contributed by atoms with van der Waals surface area (Å²) in [6.07, 6.45) is 5.57. The fraction of sp³-hybridized carbons (Fsp3) is 0.318. The van der Waals surface area contributed by atoms with Gasteiger partial charge in [0.15, 0.2) is 0 Å². The van der Waals surface area contributed by atoms with E-state index in [1.807, 2.05) is 21.6 Å². The summed E-state index contributed by atoms with van der Waals surface area (Å²) in [6.45, 7) is 5.97. The van der Waals surface area contributed by atoms with Gasteiger partial charge in [-0.3, -0.25) is 9.36 Å². The van der Waals surface area contributed by atoms with Crippen molar-refractivity contribution in [2.45, 2.75) is 32.7 Å². The third kappa shape index (κ3) is 2.44. The second kappa shape index (κ2) is 6.48. The van der Waals surface area contributed by atoms with Gasteiger partial charge >= 0.3 is 0 Å². The van der Waals surface area contributed by atoms with Crippen LogP contribution < -0.4 is 0 Å². The van der Waals surface area contributed by atoms with Crippen LogP contribution in [-0.2, 0) is 0 Å². The van der Waals surface area contributed by atoms with Gasteiger partial charge in [0.25, 0.3) is 5.91 Å². The zero-order valence-electron chi connectivity index (χ0n) is 16.2. The lowest BCUT2D eigenvalue weighted by Crippen LogP contribution is -2.29. The Morgan fingerprint density at radius 3 is 2.43 bits per heavy atom. The maximum atomic E-state index is 13.4. The number of carbonyl (C=O) groups is 1. The highest BCUT2D eigenvalue weighted by molar-refractivity contribution is 6.11. The lowest BCUT2D eigenvalue weighted by molar-refractivity contribution is 0.0785. The van der Waals surface area contributed by atoms with E-state index in [-0.39, 0.29) is 11.9 Å². The molecule has 1 aromatic carbocycles. The molecule has 0 unspecified atom stereocenters. The zero-order valence-corrected chi connectivity index (χ0v) is 16.2. The quantitative estimate of drug-likeness (QED) is 0.541. The Labute approximate surface area is 163 Å². The summed E-state index contributed by atoms with van der Waals surface area (Å²) < 4.78 is 4.24. The summed E-state index contributed by atoms with van der Waals surface area (Å²) in [4.78, 5) is 24.3. The second-order valence-corrected chi connectivity index (χ2v) is 7.63. The molecule has 0 spiro atoms. The molecule has 0 radical (unpaired) electrons. The molecule has 142 valence electrons. The Bertz CT molecular complexity index is 1170. The molecule has 4 aromatic rings. The number of carbonyl (C=O) groups excluding carboxylic acids is 1. The number of amides is 1. The largest absolute Gasteiger partial charge is 0.337 e. The van der Waals surface area contributed by atoms with Gasteiger partial charge in [-0.15, -0.1) is 0 Å². The minimum Gasteiger partial charge on any atom is -0.337 e. The first-order valence-corrected chi connectivity index (χ1v) is 9.88. The van der Waals surface area contributed by atoms with E-state index < -0.39 is 0 Å². The maximum Gasteiger partial charge on any atom is 0.271 e. The van der Waals surface area contributed by atoms with Gasteiger partial charge in [0.2, 0.25) is 5.95 Å². The fourth-order valence-electron chi connectivity index (χ4n) is 4.36. The van der Waals surface area contributed by atoms with Crippen LogP contribution >= 0.6 is 0 Å². The highest BCUT2D eigenvalue weighted by Crippen LogP contribution is 2.35. The number of para-hydroxylation sites is 1. The molecule has 5 rings (SSSR count). The van der Waals surface area contributed by atoms with Crippen LogP contribution in [0.25, 0.3) is 27.9 Å². The molecule has 0 aliphatic carbocycles. The van der Waals surface area contributed by atoms with E-state index >= 15 is 0 Å². The van der Waals surface area contributed by atoms with Crippen molar-refractivity contribution in [1.29, 1.82) is 0 Å². The molecule has 1 saturated heterocycles. The van der Waals surface area contributed by atoms with Crippen molar-refractivity contribution in [2.24, 2.45) is 0 Å². The predicted octanol–water partition coefficient (Wildman–Crippen LogP) is 4.19. The zero-order chi connectivity index (χ0) is 19.3. The van der Waals surface area contributed by atoms with Gasteiger partial charge in [-0.25, -0.2) is 9.97 Å². The molecule has 6 nitrogen and oxygen atoms in total. The van der Waals surface area contributed by atoms with Crippen LogP contribution in [0.3, 0.4) is 0 Å². The number of hydrogen-bond acceptors (Lipinski definition) is 3. The van der Waals surface area contributed by atoms with Gasteiger partial charge in [-0.05, 0) is 44.9 Å². The molecular formula is C22H23N5O. The molecule has 1 aliphatic rings. The Kier molecular flexibility index (Phi) is 3.93. The summed E-state index contributed by atoms with van der Waals surface area (Å²) in [5.74, 6) is 0.590. The number of benzene rings is 1. The molecule has 0 bridgehead atoms. The van der Waals surface area contributed by atoms with Crippen LogP contribution in [0.5, 0.6) is 0 Å². The van der Waals surface area contributed by atoms with E-state index in [0.717, 1.165) is 47.9 Å². The number of fused-ring (bicyclic) bond motifs is 3. The highest BCUT2D eigenvalue weighted by atomic mass is 16.2. The van der Waals surface area contributed by atoms with Crippen LogP contribution in [0, 0.1) is 0 Å². The Morgan fingerprint density at radius 1 is 1.00 bits per heavy atom. The van der Waals surface area contributed by atoms with Crippen molar-refractivity contribution in [1.82, 2.24) is 24.0 Å². The standard InChI is InChI=1S/C22H23N5O/c1-15(2)26-17-9-4-3-8-16(17)20-18(26)14-19(21(28)25-12-5-6-13-25)27(20)22-23-10-7-11-24-22/h3-4,7-11,14-15H,5-6,12-13H2,1-2H3. The van der Waals surface area contributed by atoms with E-state index in [4.69, 9.17) is 0 Å². The minimum absolute atomic E-state index is 0.0561. The molecular weight excluding hydrogens is 350 g/mol. The number of likely N-dealkylation sites (tertiary alicyclic amines) is 1. The van der Waals surface area contributed by atoms with Crippen LogP contribution in [0.15, 0.2) is 48.8 Å². The van der Waals surface area contributed by atoms with Gasteiger partial charge < -0.3 is 9.47 Å². The topological polar surface area (TPSA) is 56.0 Å². The van der Waals surface area contributed by atoms with Crippen LogP contribution in [0.1, 0.15) is 43.2 Å². The lowest BCUT2D eigenvalue weighted by atomic mass is 10.2. The molecule has 3 aromatic heterocycles. The summed E-state index contributed by atoms with van der Waals surface area (Å²) in [5.41, 5.74) is 3.84. The van der Waals surface area contributed by atoms with E-state index in [1.54, 1.807) is 18.5 Å². The molecule has 4 heterocycles. The normalized spacial score (nSPS) is 14.6. The van der Waals surface area contributed by atoms with E-state index in [0.29, 0.717) is 11.6 Å². The first-order valence-electron chi connectivity index (χ1n) is 9.88. The summed E-state index contributed by atoms with van der Waals surface area (Å²) in [7, 11) is 0. The lowest BCUT2D eigenvalue weighted by Gasteiger charge is -2.16. The maximum absolute atomic E-state index is 13.4. The number of aromatic nitrogens is 4. The second-order valence-electron chi connectivity index (χ2n) is 7.63. The van der Waals surface area contributed by atoms with Gasteiger partial charge in [-0.2, -0.15) is 0 Å². The van der Waals surface area contributed by atoms with Crippen molar-refractivity contribution < 1.29 is 4.79 Å². The van der Waals surface area contributed by atoms with Gasteiger partial charge in [0.05, 0.1) is 16.6 Å². The fourth-order valence-corrected chi connectivity index (χ4v) is 4.36. The Hall–Kier alpha value is -3.15. The van der Waals surface area contributed by atoms with Gasteiger partial charge in [0, 0.05) is 36.9 Å². The monoisotopic (exact) mass is 373 g/mol. The average Bonchev–Trinajstić information content (AvgIpc) is 3.42. The van der Waals surface area contributed by atoms with E-state index in [1.165, 1.54) is 0 Å². The van der Waals surface area contributed by atoms with Crippen LogP contribution in [0.2, 0.25) is 0 Å². The molecule has 0 N–H and O–H groups in total. The van der Waals surface area contributed by atoms with E-state index in [2.05, 4.69) is 46.6 Å². The molecule has 0 saturated carbocycles. The first kappa shape index (κ1) is 17.0. The minimum atomic E-state index is 0.0561.